The average molecular weight is 600 g/mol. The molecule has 0 saturated carbocycles. The molecule has 1 atom stereocenters. The van der Waals surface area contributed by atoms with Crippen LogP contribution in [0.15, 0.2) is 133 Å². The first-order chi connectivity index (χ1) is 17.2. The van der Waals surface area contributed by atoms with Crippen LogP contribution in [0.2, 0.25) is 0 Å². The molecular weight excluding hydrogens is 571 g/mol. The molecule has 0 amide bonds. The van der Waals surface area contributed by atoms with Crippen molar-refractivity contribution in [3.05, 3.63) is 150 Å². The number of benzene rings is 4. The summed E-state index contributed by atoms with van der Waals surface area (Å²) in [5.41, 5.74) is 5.58. The van der Waals surface area contributed by atoms with Crippen LogP contribution in [0.1, 0.15) is 42.4 Å². The molecule has 0 N–H and O–H groups in total. The van der Waals surface area contributed by atoms with Crippen LogP contribution in [-0.2, 0) is 24.2 Å². The molecule has 5 aromatic rings. The number of hydrogen-bond acceptors (Lipinski definition) is 0. The third kappa shape index (κ3) is 6.72. The molecule has 1 aliphatic carbocycles. The molecule has 0 radical (unpaired) electrons. The van der Waals surface area contributed by atoms with Crippen LogP contribution in [0.5, 0.6) is 0 Å². The Morgan fingerprint density at radius 3 is 1.97 bits per heavy atom. The van der Waals surface area contributed by atoms with E-state index < -0.39 is 0 Å². The fourth-order valence-corrected chi connectivity index (χ4v) is 5.71. The van der Waals surface area contributed by atoms with Crippen molar-refractivity contribution < 1.29 is 49.0 Å². The van der Waals surface area contributed by atoms with Crippen molar-refractivity contribution in [2.45, 2.75) is 25.7 Å². The Morgan fingerprint density at radius 2 is 1.32 bits per heavy atom. The Bertz CT molecular complexity index is 1470. The SMILES string of the molecule is CCCC1=CC(c2cccc3c2[cH-]c2ccccc23)C=C1.[Cl-].[Cl-].[Zr+2]=[C](c1ccccc1)c1ccccc1. The Labute approximate surface area is 247 Å². The molecule has 0 nitrogen and oxygen atoms in total. The Balaban J connectivity index is 0.000000210. The van der Waals surface area contributed by atoms with Gasteiger partial charge < -0.3 is 24.8 Å². The van der Waals surface area contributed by atoms with E-state index in [1.807, 2.05) is 0 Å². The second kappa shape index (κ2) is 13.9. The van der Waals surface area contributed by atoms with Crippen molar-refractivity contribution in [1.82, 2.24) is 0 Å². The van der Waals surface area contributed by atoms with Gasteiger partial charge in [0.2, 0.25) is 0 Å². The van der Waals surface area contributed by atoms with Crippen molar-refractivity contribution >= 4 is 24.8 Å². The summed E-state index contributed by atoms with van der Waals surface area (Å²) in [5.74, 6) is 0.437. The topological polar surface area (TPSA) is 0 Å². The molecule has 0 fully saturated rings. The van der Waals surface area contributed by atoms with Crippen molar-refractivity contribution in [2.75, 3.05) is 0 Å². The predicted octanol–water partition coefficient (Wildman–Crippen LogP) is 2.90. The number of hydrogen-bond donors (Lipinski definition) is 0. The molecule has 0 saturated heterocycles. The van der Waals surface area contributed by atoms with Crippen LogP contribution in [0, 0.1) is 0 Å². The van der Waals surface area contributed by atoms with Gasteiger partial charge in [0.15, 0.2) is 0 Å². The van der Waals surface area contributed by atoms with Crippen molar-refractivity contribution in [3.8, 4) is 0 Å². The number of rotatable bonds is 5. The first kappa shape index (κ1) is 29.1. The maximum absolute atomic E-state index is 2.43. The van der Waals surface area contributed by atoms with Gasteiger partial charge in [0.1, 0.15) is 0 Å². The van der Waals surface area contributed by atoms with Gasteiger partial charge in [-0.25, -0.2) is 0 Å². The summed E-state index contributed by atoms with van der Waals surface area (Å²) in [5, 5.41) is 5.50. The quantitative estimate of drug-likeness (QED) is 0.273. The van der Waals surface area contributed by atoms with E-state index in [0.717, 1.165) is 0 Å². The average Bonchev–Trinajstić information content (AvgIpc) is 3.54. The first-order valence-corrected chi connectivity index (χ1v) is 13.6. The van der Waals surface area contributed by atoms with E-state index in [9.17, 15) is 0 Å². The third-order valence-electron chi connectivity index (χ3n) is 6.62. The van der Waals surface area contributed by atoms with E-state index in [1.165, 1.54) is 84.1 Å². The van der Waals surface area contributed by atoms with E-state index in [0.29, 0.717) is 5.92 Å². The molecule has 1 unspecified atom stereocenters. The minimum absolute atomic E-state index is 0. The van der Waals surface area contributed by atoms with Crippen LogP contribution < -0.4 is 24.8 Å². The first-order valence-electron chi connectivity index (χ1n) is 12.4. The van der Waals surface area contributed by atoms with E-state index in [1.54, 1.807) is 0 Å². The molecule has 0 aliphatic heterocycles. The van der Waals surface area contributed by atoms with E-state index >= 15 is 0 Å². The number of halogens is 2. The summed E-state index contributed by atoms with van der Waals surface area (Å²) < 4.78 is 1.42. The fraction of sp³-hybridized carbons (Fsp3) is 0.118. The Morgan fingerprint density at radius 1 is 0.730 bits per heavy atom. The molecule has 3 heteroatoms. The zero-order valence-electron chi connectivity index (χ0n) is 20.9. The van der Waals surface area contributed by atoms with Gasteiger partial charge in [-0.05, 0) is 12.3 Å². The van der Waals surface area contributed by atoms with Crippen LogP contribution in [0.4, 0.5) is 0 Å². The molecular formula is C34H29Cl2Zr-. The fourth-order valence-electron chi connectivity index (χ4n) is 4.89. The van der Waals surface area contributed by atoms with Crippen LogP contribution >= 0.6 is 0 Å². The van der Waals surface area contributed by atoms with Crippen LogP contribution in [0.25, 0.3) is 21.5 Å². The van der Waals surface area contributed by atoms with Crippen LogP contribution in [-0.4, -0.2) is 3.21 Å². The molecule has 0 aromatic heterocycles. The van der Waals surface area contributed by atoms with E-state index in [-0.39, 0.29) is 24.8 Å². The Kier molecular flexibility index (Phi) is 11.0. The summed E-state index contributed by atoms with van der Waals surface area (Å²) in [7, 11) is 0. The monoisotopic (exact) mass is 597 g/mol. The van der Waals surface area contributed by atoms with Gasteiger partial charge in [-0.3, -0.25) is 0 Å². The standard InChI is InChI=1S/C21H19.C13H10.2ClH.Zr/c1-2-6-15-11-12-17(13-15)19-9-5-10-20-18-8-4-3-7-16(18)14-21(19)20;1-3-7-12(8-4-1)11-13-9-5-2-6-10-13;;;/h3-5,7-14,17H,2,6H2,1H3;1-10H;2*1H;/q-1;;;;+2/p-2. The Hall–Kier alpha value is -2.44. The molecule has 0 spiro atoms. The van der Waals surface area contributed by atoms with Gasteiger partial charge in [0, 0.05) is 0 Å². The summed E-state index contributed by atoms with van der Waals surface area (Å²) in [4.78, 5) is 0. The normalized spacial score (nSPS) is 13.8. The molecule has 6 rings (SSSR count). The minimum atomic E-state index is 0. The number of fused-ring (bicyclic) bond motifs is 3. The van der Waals surface area contributed by atoms with E-state index in [4.69, 9.17) is 0 Å². The summed E-state index contributed by atoms with van der Waals surface area (Å²) >= 11 is 1.46. The second-order valence-electron chi connectivity index (χ2n) is 9.02. The van der Waals surface area contributed by atoms with Gasteiger partial charge in [-0.2, -0.15) is 0 Å². The zero-order valence-corrected chi connectivity index (χ0v) is 24.8. The molecule has 5 aromatic carbocycles. The molecule has 184 valence electrons. The maximum atomic E-state index is 2.43. The number of allylic oxidation sites excluding steroid dienone is 4. The van der Waals surface area contributed by atoms with Crippen molar-refractivity contribution in [2.24, 2.45) is 0 Å². The van der Waals surface area contributed by atoms with Crippen molar-refractivity contribution in [1.29, 1.82) is 0 Å². The van der Waals surface area contributed by atoms with Gasteiger partial charge in [0.05, 0.1) is 0 Å². The molecule has 1 aliphatic rings. The van der Waals surface area contributed by atoms with Gasteiger partial charge in [0.25, 0.3) is 0 Å². The van der Waals surface area contributed by atoms with Crippen LogP contribution in [0.3, 0.4) is 0 Å². The molecule has 0 heterocycles. The molecule has 37 heavy (non-hydrogen) atoms. The summed E-state index contributed by atoms with van der Waals surface area (Å²) in [6, 6.07) is 38.9. The second-order valence-corrected chi connectivity index (χ2v) is 10.3. The third-order valence-corrected chi connectivity index (χ3v) is 8.04. The van der Waals surface area contributed by atoms with Gasteiger partial charge in [-0.15, -0.1) is 33.7 Å². The van der Waals surface area contributed by atoms with E-state index in [2.05, 4.69) is 134 Å². The summed E-state index contributed by atoms with van der Waals surface area (Å²) in [6.45, 7) is 2.24. The summed E-state index contributed by atoms with van der Waals surface area (Å²) in [6.07, 6.45) is 9.47. The molecule has 0 bridgehead atoms. The predicted molar refractivity (Wildman–Crippen MR) is 148 cm³/mol. The van der Waals surface area contributed by atoms with Gasteiger partial charge in [-0.1, -0.05) is 79.1 Å². The van der Waals surface area contributed by atoms with Crippen molar-refractivity contribution in [3.63, 3.8) is 0 Å². The zero-order chi connectivity index (χ0) is 24.0. The van der Waals surface area contributed by atoms with Gasteiger partial charge >= 0.3 is 99.2 Å².